The van der Waals surface area contributed by atoms with Crippen molar-refractivity contribution in [3.8, 4) is 0 Å². The Kier molecular flexibility index (Phi) is 5.25. The number of methoxy groups -OCH3 is 1. The molecular weight excluding hydrogens is 342 g/mol. The van der Waals surface area contributed by atoms with E-state index in [4.69, 9.17) is 21.1 Å². The molecule has 0 bridgehead atoms. The Hall–Kier alpha value is -1.80. The lowest BCUT2D eigenvalue weighted by molar-refractivity contribution is 0.0885. The van der Waals surface area contributed by atoms with E-state index in [1.807, 2.05) is 4.90 Å². The van der Waals surface area contributed by atoms with Crippen LogP contribution in [0.25, 0.3) is 0 Å². The Labute approximate surface area is 143 Å². The highest BCUT2D eigenvalue weighted by molar-refractivity contribution is 6.28. The molecule has 0 aromatic carbocycles. The molecule has 0 radical (unpaired) electrons. The van der Waals surface area contributed by atoms with E-state index >= 15 is 0 Å². The van der Waals surface area contributed by atoms with Crippen molar-refractivity contribution >= 4 is 17.5 Å². The Bertz CT molecular complexity index is 650. The molecule has 1 saturated heterocycles. The van der Waals surface area contributed by atoms with Crippen LogP contribution in [0.1, 0.15) is 11.7 Å². The summed E-state index contributed by atoms with van der Waals surface area (Å²) in [6.07, 6.45) is 2.06. The van der Waals surface area contributed by atoms with E-state index in [0.29, 0.717) is 38.0 Å². The maximum absolute atomic E-state index is 13.5. The van der Waals surface area contributed by atoms with Crippen LogP contribution in [0.2, 0.25) is 5.28 Å². The number of rotatable bonds is 4. The van der Waals surface area contributed by atoms with Gasteiger partial charge in [0.15, 0.2) is 0 Å². The van der Waals surface area contributed by atoms with Crippen LogP contribution in [-0.2, 0) is 9.47 Å². The minimum atomic E-state index is -2.58. The summed E-state index contributed by atoms with van der Waals surface area (Å²) < 4.78 is 37.2. The van der Waals surface area contributed by atoms with Crippen molar-refractivity contribution in [2.75, 3.05) is 38.3 Å². The molecule has 3 rings (SSSR count). The van der Waals surface area contributed by atoms with Gasteiger partial charge >= 0.3 is 0 Å². The number of aromatic nitrogens is 3. The molecule has 1 fully saturated rings. The van der Waals surface area contributed by atoms with Crippen LogP contribution in [0.4, 0.5) is 14.7 Å². The van der Waals surface area contributed by atoms with Gasteiger partial charge in [-0.3, -0.25) is 0 Å². The van der Waals surface area contributed by atoms with E-state index in [-0.39, 0.29) is 11.1 Å². The summed E-state index contributed by atoms with van der Waals surface area (Å²) in [7, 11) is 1.44. The molecule has 6 nitrogen and oxygen atoms in total. The number of alkyl halides is 2. The third-order valence-corrected chi connectivity index (χ3v) is 4.14. The maximum Gasteiger partial charge on any atom is 0.245 e. The summed E-state index contributed by atoms with van der Waals surface area (Å²) in [6, 6.07) is 0. The summed E-state index contributed by atoms with van der Waals surface area (Å²) in [5, 5.41) is -0.00979. The van der Waals surface area contributed by atoms with Crippen molar-refractivity contribution in [2.45, 2.75) is 12.3 Å². The molecule has 2 atom stereocenters. The van der Waals surface area contributed by atoms with Crippen LogP contribution < -0.4 is 4.90 Å². The molecule has 2 aliphatic rings. The van der Waals surface area contributed by atoms with Crippen LogP contribution >= 0.6 is 11.6 Å². The fourth-order valence-electron chi connectivity index (χ4n) is 2.71. The minimum Gasteiger partial charge on any atom is -0.497 e. The second-order valence-corrected chi connectivity index (χ2v) is 5.77. The fourth-order valence-corrected chi connectivity index (χ4v) is 2.87. The number of nitrogens with zero attached hydrogens (tertiary/aromatic N) is 4. The number of anilines is 1. The zero-order valence-electron chi connectivity index (χ0n) is 13.0. The molecule has 0 amide bonds. The zero-order valence-corrected chi connectivity index (χ0v) is 13.8. The molecule has 0 saturated carbocycles. The summed E-state index contributed by atoms with van der Waals surface area (Å²) in [6.45, 7) is 2.35. The summed E-state index contributed by atoms with van der Waals surface area (Å²) in [4.78, 5) is 14.5. The molecule has 24 heavy (non-hydrogen) atoms. The molecule has 0 N–H and O–H groups in total. The van der Waals surface area contributed by atoms with Gasteiger partial charge in [-0.15, -0.1) is 0 Å². The lowest BCUT2D eigenvalue weighted by Gasteiger charge is -2.28. The summed E-state index contributed by atoms with van der Waals surface area (Å²) >= 11 is 6.00. The third kappa shape index (κ3) is 3.64. The average Bonchev–Trinajstić information content (AvgIpc) is 2.61. The minimum absolute atomic E-state index is 0.00979. The lowest BCUT2D eigenvalue weighted by Crippen LogP contribution is -2.37. The number of hydrogen-bond donors (Lipinski definition) is 0. The molecule has 2 unspecified atom stereocenters. The highest BCUT2D eigenvalue weighted by Gasteiger charge is 2.33. The van der Waals surface area contributed by atoms with Crippen molar-refractivity contribution in [3.63, 3.8) is 0 Å². The van der Waals surface area contributed by atoms with Gasteiger partial charge in [0, 0.05) is 19.0 Å². The Morgan fingerprint density at radius 2 is 2.04 bits per heavy atom. The van der Waals surface area contributed by atoms with Crippen LogP contribution in [0.15, 0.2) is 24.0 Å². The highest BCUT2D eigenvalue weighted by atomic mass is 35.5. The van der Waals surface area contributed by atoms with E-state index in [1.54, 1.807) is 12.2 Å². The number of allylic oxidation sites excluding steroid dienone is 3. The van der Waals surface area contributed by atoms with Crippen LogP contribution in [0, 0.1) is 5.92 Å². The van der Waals surface area contributed by atoms with Crippen molar-refractivity contribution in [1.29, 1.82) is 0 Å². The van der Waals surface area contributed by atoms with E-state index in [0.717, 1.165) is 0 Å². The smallest absolute Gasteiger partial charge is 0.245 e. The van der Waals surface area contributed by atoms with Gasteiger partial charge in [-0.1, -0.05) is 6.08 Å². The molecule has 2 heterocycles. The van der Waals surface area contributed by atoms with Gasteiger partial charge in [-0.05, 0) is 23.8 Å². The first kappa shape index (κ1) is 17.0. The van der Waals surface area contributed by atoms with Gasteiger partial charge < -0.3 is 14.4 Å². The molecule has 1 aromatic rings. The van der Waals surface area contributed by atoms with Crippen LogP contribution in [-0.4, -0.2) is 54.8 Å². The first-order valence-corrected chi connectivity index (χ1v) is 7.92. The predicted molar refractivity (Wildman–Crippen MR) is 84.3 cm³/mol. The molecule has 1 aliphatic carbocycles. The van der Waals surface area contributed by atoms with Crippen molar-refractivity contribution < 1.29 is 18.3 Å². The molecule has 9 heteroatoms. The molecule has 1 aliphatic heterocycles. The summed E-state index contributed by atoms with van der Waals surface area (Å²) in [5.41, 5.74) is 0. The zero-order chi connectivity index (χ0) is 17.1. The standard InChI is InChI=1S/C15H17ClF2N4O2/c1-23-9-2-3-10(11(8-9)12(17)18)13-19-14(16)21-15(20-13)22-4-6-24-7-5-22/h2-3,8,10-12H,4-7H2,1H3. The number of morpholine rings is 1. The van der Waals surface area contributed by atoms with Crippen molar-refractivity contribution in [2.24, 2.45) is 5.92 Å². The Morgan fingerprint density at radius 3 is 2.71 bits per heavy atom. The largest absolute Gasteiger partial charge is 0.497 e. The fraction of sp³-hybridized carbons (Fsp3) is 0.533. The van der Waals surface area contributed by atoms with Gasteiger partial charge in [0.1, 0.15) is 11.6 Å². The van der Waals surface area contributed by atoms with E-state index in [2.05, 4.69) is 15.0 Å². The van der Waals surface area contributed by atoms with Crippen molar-refractivity contribution in [1.82, 2.24) is 15.0 Å². The van der Waals surface area contributed by atoms with Crippen LogP contribution in [0.3, 0.4) is 0 Å². The number of ether oxygens (including phenoxy) is 2. The van der Waals surface area contributed by atoms with Crippen molar-refractivity contribution in [3.05, 3.63) is 35.1 Å². The van der Waals surface area contributed by atoms with Gasteiger partial charge in [-0.2, -0.15) is 9.97 Å². The number of hydrogen-bond acceptors (Lipinski definition) is 6. The predicted octanol–water partition coefficient (Wildman–Crippen LogP) is 2.43. The normalized spacial score (nSPS) is 24.2. The maximum atomic E-state index is 13.5. The quantitative estimate of drug-likeness (QED) is 0.824. The third-order valence-electron chi connectivity index (χ3n) is 3.97. The molecule has 0 spiro atoms. The van der Waals surface area contributed by atoms with Gasteiger partial charge in [-0.25, -0.2) is 13.8 Å². The van der Waals surface area contributed by atoms with E-state index in [9.17, 15) is 8.78 Å². The monoisotopic (exact) mass is 358 g/mol. The first-order chi connectivity index (χ1) is 11.6. The second-order valence-electron chi connectivity index (χ2n) is 5.43. The Morgan fingerprint density at radius 1 is 1.29 bits per heavy atom. The van der Waals surface area contributed by atoms with Gasteiger partial charge in [0.2, 0.25) is 17.7 Å². The first-order valence-electron chi connectivity index (χ1n) is 7.55. The van der Waals surface area contributed by atoms with Gasteiger partial charge in [0.05, 0.1) is 26.2 Å². The highest BCUT2D eigenvalue weighted by Crippen LogP contribution is 2.35. The van der Waals surface area contributed by atoms with E-state index < -0.39 is 18.3 Å². The Balaban J connectivity index is 1.92. The molecule has 130 valence electrons. The molecular formula is C15H17ClF2N4O2. The second kappa shape index (κ2) is 7.40. The molecule has 1 aromatic heterocycles. The lowest BCUT2D eigenvalue weighted by atomic mass is 9.87. The van der Waals surface area contributed by atoms with Crippen LogP contribution in [0.5, 0.6) is 0 Å². The number of halogens is 3. The van der Waals surface area contributed by atoms with Gasteiger partial charge in [0.25, 0.3) is 0 Å². The van der Waals surface area contributed by atoms with E-state index in [1.165, 1.54) is 13.2 Å². The summed E-state index contributed by atoms with van der Waals surface area (Å²) in [5.74, 6) is -0.768. The topological polar surface area (TPSA) is 60.4 Å². The SMILES string of the molecule is COC1=CC(C(F)F)C(c2nc(Cl)nc(N3CCOCC3)n2)C=C1. The average molecular weight is 359 g/mol.